The Kier molecular flexibility index (Phi) is 3.44. The molecule has 0 saturated carbocycles. The largest absolute Gasteiger partial charge is 0.480 e. The van der Waals surface area contributed by atoms with Gasteiger partial charge in [-0.2, -0.15) is 0 Å². The lowest BCUT2D eigenvalue weighted by molar-refractivity contribution is -0.148. The van der Waals surface area contributed by atoms with Crippen LogP contribution in [0.25, 0.3) is 0 Å². The van der Waals surface area contributed by atoms with Crippen molar-refractivity contribution in [3.05, 3.63) is 22.4 Å². The lowest BCUT2D eigenvalue weighted by Crippen LogP contribution is -2.44. The first-order chi connectivity index (χ1) is 8.11. The monoisotopic (exact) mass is 254 g/mol. The molecule has 1 saturated heterocycles. The number of likely N-dealkylation sites (tertiary alicyclic amines) is 1. The highest BCUT2D eigenvalue weighted by Crippen LogP contribution is 2.24. The van der Waals surface area contributed by atoms with Gasteiger partial charge in [0.2, 0.25) is 5.91 Å². The maximum absolute atomic E-state index is 12.1. The van der Waals surface area contributed by atoms with Crippen LogP contribution in [0.1, 0.15) is 23.8 Å². The normalized spacial score (nSPS) is 21.5. The van der Waals surface area contributed by atoms with E-state index in [0.717, 1.165) is 11.3 Å². The van der Waals surface area contributed by atoms with E-state index < -0.39 is 18.1 Å². The maximum Gasteiger partial charge on any atom is 0.326 e. The van der Waals surface area contributed by atoms with Gasteiger partial charge in [-0.15, -0.1) is 11.3 Å². The summed E-state index contributed by atoms with van der Waals surface area (Å²) >= 11 is 1.41. The molecule has 6 heteroatoms. The third-order valence-corrected chi connectivity index (χ3v) is 3.89. The first-order valence-corrected chi connectivity index (χ1v) is 6.31. The minimum absolute atomic E-state index is 0.294. The van der Waals surface area contributed by atoms with Crippen LogP contribution in [-0.2, 0) is 9.59 Å². The highest BCUT2D eigenvalue weighted by molar-refractivity contribution is 7.10. The molecule has 1 fully saturated rings. The van der Waals surface area contributed by atoms with Crippen LogP contribution in [0.2, 0.25) is 0 Å². The number of hydrogen-bond donors (Lipinski definition) is 2. The van der Waals surface area contributed by atoms with E-state index in [1.165, 1.54) is 16.2 Å². The highest BCUT2D eigenvalue weighted by Gasteiger charge is 2.36. The molecule has 0 aromatic carbocycles. The van der Waals surface area contributed by atoms with Crippen LogP contribution >= 0.6 is 11.3 Å². The van der Waals surface area contributed by atoms with E-state index in [1.54, 1.807) is 6.07 Å². The number of rotatable bonds is 3. The molecule has 17 heavy (non-hydrogen) atoms. The van der Waals surface area contributed by atoms with Crippen LogP contribution in [0, 0.1) is 0 Å². The quantitative estimate of drug-likeness (QED) is 0.836. The van der Waals surface area contributed by atoms with Gasteiger partial charge in [-0.1, -0.05) is 6.07 Å². The van der Waals surface area contributed by atoms with Gasteiger partial charge in [0.25, 0.3) is 0 Å². The number of nitrogens with zero attached hydrogens (tertiary/aromatic N) is 1. The summed E-state index contributed by atoms with van der Waals surface area (Å²) in [6.45, 7) is 0.481. The Bertz CT molecular complexity index is 418. The fourth-order valence-corrected chi connectivity index (χ4v) is 2.77. The van der Waals surface area contributed by atoms with Gasteiger partial charge in [0.15, 0.2) is 0 Å². The summed E-state index contributed by atoms with van der Waals surface area (Å²) in [6, 6.07) is 2.16. The number of carbonyl (C=O) groups excluding carboxylic acids is 1. The molecule has 0 radical (unpaired) electrons. The first-order valence-electron chi connectivity index (χ1n) is 5.43. The van der Waals surface area contributed by atoms with Crippen molar-refractivity contribution in [1.82, 2.24) is 4.90 Å². The van der Waals surface area contributed by atoms with Crippen molar-refractivity contribution >= 4 is 23.2 Å². The zero-order valence-electron chi connectivity index (χ0n) is 9.20. The number of hydrogen-bond acceptors (Lipinski definition) is 4. The Labute approximate surface area is 103 Å². The van der Waals surface area contributed by atoms with Crippen LogP contribution < -0.4 is 5.73 Å². The lowest BCUT2D eigenvalue weighted by atomic mass is 10.2. The predicted octanol–water partition coefficient (Wildman–Crippen LogP) is 0.824. The molecular formula is C11H14N2O3S. The van der Waals surface area contributed by atoms with Crippen molar-refractivity contribution < 1.29 is 14.7 Å². The molecule has 0 spiro atoms. The summed E-state index contributed by atoms with van der Waals surface area (Å²) in [4.78, 5) is 25.2. The van der Waals surface area contributed by atoms with Gasteiger partial charge in [-0.05, 0) is 24.3 Å². The van der Waals surface area contributed by atoms with Gasteiger partial charge in [0.05, 0.1) is 0 Å². The molecule has 2 unspecified atom stereocenters. The van der Waals surface area contributed by atoms with E-state index in [9.17, 15) is 9.59 Å². The second-order valence-corrected chi connectivity index (χ2v) is 5.00. The molecule has 0 aliphatic carbocycles. The van der Waals surface area contributed by atoms with Crippen LogP contribution in [0.4, 0.5) is 0 Å². The minimum atomic E-state index is -0.950. The molecule has 1 aliphatic heterocycles. The SMILES string of the molecule is NC(C(=O)N1CCCC1C(=O)O)c1cccs1. The van der Waals surface area contributed by atoms with Gasteiger partial charge in [-0.3, -0.25) is 4.79 Å². The van der Waals surface area contributed by atoms with Crippen molar-refractivity contribution in [3.8, 4) is 0 Å². The van der Waals surface area contributed by atoms with Crippen LogP contribution in [0.3, 0.4) is 0 Å². The number of carboxylic acids is 1. The van der Waals surface area contributed by atoms with Crippen molar-refractivity contribution in [2.75, 3.05) is 6.54 Å². The van der Waals surface area contributed by atoms with Crippen molar-refractivity contribution in [2.24, 2.45) is 5.73 Å². The Balaban J connectivity index is 2.12. The number of nitrogens with two attached hydrogens (primary N) is 1. The van der Waals surface area contributed by atoms with E-state index in [1.807, 2.05) is 11.4 Å². The van der Waals surface area contributed by atoms with Crippen molar-refractivity contribution in [3.63, 3.8) is 0 Å². The molecule has 2 heterocycles. The Morgan fingerprint density at radius 3 is 2.94 bits per heavy atom. The smallest absolute Gasteiger partial charge is 0.326 e. The number of carboxylic acid groups (broad SMARTS) is 1. The number of thiophene rings is 1. The van der Waals surface area contributed by atoms with Gasteiger partial charge < -0.3 is 15.7 Å². The molecule has 1 amide bonds. The average Bonchev–Trinajstić information content (AvgIpc) is 2.97. The molecule has 0 bridgehead atoms. The standard InChI is InChI=1S/C11H14N2O3S/c12-9(8-4-2-6-17-8)10(14)13-5-1-3-7(13)11(15)16/h2,4,6-7,9H,1,3,5,12H2,(H,15,16). The predicted molar refractivity (Wildman–Crippen MR) is 63.6 cm³/mol. The van der Waals surface area contributed by atoms with Crippen LogP contribution in [-0.4, -0.2) is 34.5 Å². The zero-order valence-corrected chi connectivity index (χ0v) is 10.0. The average molecular weight is 254 g/mol. The van der Waals surface area contributed by atoms with Crippen LogP contribution in [0.5, 0.6) is 0 Å². The molecular weight excluding hydrogens is 240 g/mol. The van der Waals surface area contributed by atoms with E-state index in [0.29, 0.717) is 13.0 Å². The van der Waals surface area contributed by atoms with Gasteiger partial charge >= 0.3 is 5.97 Å². The summed E-state index contributed by atoms with van der Waals surface area (Å²) < 4.78 is 0. The van der Waals surface area contributed by atoms with Crippen LogP contribution in [0.15, 0.2) is 17.5 Å². The number of aliphatic carboxylic acids is 1. The molecule has 1 aliphatic rings. The van der Waals surface area contributed by atoms with Gasteiger partial charge in [0.1, 0.15) is 12.1 Å². The lowest BCUT2D eigenvalue weighted by Gasteiger charge is -2.24. The van der Waals surface area contributed by atoms with Gasteiger partial charge in [-0.25, -0.2) is 4.79 Å². The van der Waals surface area contributed by atoms with E-state index in [4.69, 9.17) is 10.8 Å². The van der Waals surface area contributed by atoms with E-state index in [2.05, 4.69) is 0 Å². The fraction of sp³-hybridized carbons (Fsp3) is 0.455. The molecule has 92 valence electrons. The summed E-state index contributed by atoms with van der Waals surface area (Å²) in [5.41, 5.74) is 5.85. The molecule has 1 aromatic rings. The van der Waals surface area contributed by atoms with E-state index in [-0.39, 0.29) is 5.91 Å². The number of carbonyl (C=O) groups is 2. The number of amides is 1. The van der Waals surface area contributed by atoms with E-state index >= 15 is 0 Å². The minimum Gasteiger partial charge on any atom is -0.480 e. The second kappa shape index (κ2) is 4.85. The van der Waals surface area contributed by atoms with Crippen molar-refractivity contribution in [1.29, 1.82) is 0 Å². The maximum atomic E-state index is 12.1. The second-order valence-electron chi connectivity index (χ2n) is 4.02. The molecule has 2 atom stereocenters. The first kappa shape index (κ1) is 12.1. The summed E-state index contributed by atoms with van der Waals surface area (Å²) in [5.74, 6) is -1.24. The summed E-state index contributed by atoms with van der Waals surface area (Å²) in [6.07, 6.45) is 1.23. The molecule has 2 rings (SSSR count). The van der Waals surface area contributed by atoms with Crippen molar-refractivity contribution in [2.45, 2.75) is 24.9 Å². The fourth-order valence-electron chi connectivity index (χ4n) is 2.06. The molecule has 1 aromatic heterocycles. The Morgan fingerprint density at radius 1 is 1.59 bits per heavy atom. The summed E-state index contributed by atoms with van der Waals surface area (Å²) in [7, 11) is 0. The highest BCUT2D eigenvalue weighted by atomic mass is 32.1. The zero-order chi connectivity index (χ0) is 12.4. The third-order valence-electron chi connectivity index (χ3n) is 2.94. The third kappa shape index (κ3) is 2.32. The molecule has 5 nitrogen and oxygen atoms in total. The summed E-state index contributed by atoms with van der Waals surface area (Å²) in [5, 5.41) is 10.9. The van der Waals surface area contributed by atoms with Gasteiger partial charge in [0, 0.05) is 11.4 Å². The molecule has 3 N–H and O–H groups in total. The topological polar surface area (TPSA) is 83.6 Å². The Morgan fingerprint density at radius 2 is 2.35 bits per heavy atom. The Hall–Kier alpha value is -1.40.